The van der Waals surface area contributed by atoms with Gasteiger partial charge in [-0.2, -0.15) is 4.31 Å². The van der Waals surface area contributed by atoms with E-state index in [0.29, 0.717) is 12.5 Å². The fourth-order valence-electron chi connectivity index (χ4n) is 1.89. The van der Waals surface area contributed by atoms with Gasteiger partial charge in [0.25, 0.3) is 0 Å². The van der Waals surface area contributed by atoms with Gasteiger partial charge in [-0.15, -0.1) is 11.6 Å². The second kappa shape index (κ2) is 6.98. The zero-order valence-corrected chi connectivity index (χ0v) is 13.5. The summed E-state index contributed by atoms with van der Waals surface area (Å²) in [7, 11) is -4.27. The van der Waals surface area contributed by atoms with Gasteiger partial charge in [0.05, 0.1) is 0 Å². The van der Waals surface area contributed by atoms with E-state index in [1.54, 1.807) is 13.8 Å². The third-order valence-electron chi connectivity index (χ3n) is 3.02. The number of halogens is 4. The van der Waals surface area contributed by atoms with Gasteiger partial charge in [-0.25, -0.2) is 21.6 Å². The standard InChI is InChI=1S/C13H17ClF3NO2S/c1-8(2)18(6-4-5-14)21(19,20)11-7-10(15)12(16)9(3)13(11)17/h7-8H,4-6H2,1-3H3. The summed E-state index contributed by atoms with van der Waals surface area (Å²) in [6.07, 6.45) is 0.364. The van der Waals surface area contributed by atoms with E-state index in [9.17, 15) is 21.6 Å². The molecule has 0 bridgehead atoms. The van der Waals surface area contributed by atoms with Crippen molar-refractivity contribution in [2.45, 2.75) is 38.1 Å². The van der Waals surface area contributed by atoms with Crippen LogP contribution in [0.15, 0.2) is 11.0 Å². The van der Waals surface area contributed by atoms with Crippen molar-refractivity contribution < 1.29 is 21.6 Å². The predicted octanol–water partition coefficient (Wildman–Crippen LogP) is 3.44. The zero-order chi connectivity index (χ0) is 16.4. The average molecular weight is 344 g/mol. The van der Waals surface area contributed by atoms with E-state index in [-0.39, 0.29) is 12.4 Å². The maximum absolute atomic E-state index is 14.0. The zero-order valence-electron chi connectivity index (χ0n) is 12.0. The Morgan fingerprint density at radius 2 is 1.81 bits per heavy atom. The lowest BCUT2D eigenvalue weighted by Crippen LogP contribution is -2.38. The highest BCUT2D eigenvalue weighted by atomic mass is 35.5. The number of hydrogen-bond donors (Lipinski definition) is 0. The van der Waals surface area contributed by atoms with Crippen LogP contribution in [0.1, 0.15) is 25.8 Å². The largest absolute Gasteiger partial charge is 0.246 e. The molecule has 3 nitrogen and oxygen atoms in total. The van der Waals surface area contributed by atoms with Gasteiger partial charge in [0.15, 0.2) is 11.6 Å². The Morgan fingerprint density at radius 1 is 1.24 bits per heavy atom. The van der Waals surface area contributed by atoms with Crippen molar-refractivity contribution in [3.05, 3.63) is 29.1 Å². The molecule has 0 saturated carbocycles. The van der Waals surface area contributed by atoms with E-state index >= 15 is 0 Å². The molecule has 0 saturated heterocycles. The molecule has 0 fully saturated rings. The van der Waals surface area contributed by atoms with Crippen molar-refractivity contribution in [3.8, 4) is 0 Å². The Bertz CT molecular complexity index is 620. The van der Waals surface area contributed by atoms with Crippen LogP contribution >= 0.6 is 11.6 Å². The predicted molar refractivity (Wildman–Crippen MR) is 75.4 cm³/mol. The number of nitrogens with zero attached hydrogens (tertiary/aromatic N) is 1. The van der Waals surface area contributed by atoms with Crippen LogP contribution in [-0.2, 0) is 10.0 Å². The quantitative estimate of drug-likeness (QED) is 0.586. The van der Waals surface area contributed by atoms with E-state index in [4.69, 9.17) is 11.6 Å². The van der Waals surface area contributed by atoms with E-state index in [0.717, 1.165) is 11.2 Å². The molecule has 0 spiro atoms. The van der Waals surface area contributed by atoms with Crippen molar-refractivity contribution >= 4 is 21.6 Å². The van der Waals surface area contributed by atoms with Crippen LogP contribution < -0.4 is 0 Å². The first-order chi connectivity index (χ1) is 9.64. The molecule has 1 aromatic carbocycles. The molecule has 0 radical (unpaired) electrons. The topological polar surface area (TPSA) is 37.4 Å². The molecule has 0 atom stereocenters. The van der Waals surface area contributed by atoms with Gasteiger partial charge in [-0.3, -0.25) is 0 Å². The summed E-state index contributed by atoms with van der Waals surface area (Å²) in [6, 6.07) is -0.0886. The highest BCUT2D eigenvalue weighted by Gasteiger charge is 2.31. The highest BCUT2D eigenvalue weighted by Crippen LogP contribution is 2.26. The van der Waals surface area contributed by atoms with E-state index < -0.39 is 44.0 Å². The monoisotopic (exact) mass is 343 g/mol. The summed E-state index contributed by atoms with van der Waals surface area (Å²) in [4.78, 5) is -0.859. The third-order valence-corrected chi connectivity index (χ3v) is 5.36. The van der Waals surface area contributed by atoms with Crippen LogP contribution in [0, 0.1) is 24.4 Å². The Hall–Kier alpha value is -0.790. The molecule has 0 aromatic heterocycles. The average Bonchev–Trinajstić information content (AvgIpc) is 2.40. The van der Waals surface area contributed by atoms with Crippen LogP contribution in [0.4, 0.5) is 13.2 Å². The lowest BCUT2D eigenvalue weighted by molar-refractivity contribution is 0.351. The minimum atomic E-state index is -4.27. The molecule has 0 aliphatic heterocycles. The van der Waals surface area contributed by atoms with Gasteiger partial charge in [0.1, 0.15) is 10.7 Å². The summed E-state index contributed by atoms with van der Waals surface area (Å²) in [5.41, 5.74) is -0.658. The van der Waals surface area contributed by atoms with Crippen molar-refractivity contribution in [3.63, 3.8) is 0 Å². The first-order valence-electron chi connectivity index (χ1n) is 6.36. The van der Waals surface area contributed by atoms with E-state index in [1.165, 1.54) is 0 Å². The normalized spacial score (nSPS) is 12.4. The van der Waals surface area contributed by atoms with Crippen molar-refractivity contribution in [2.75, 3.05) is 12.4 Å². The van der Waals surface area contributed by atoms with Gasteiger partial charge in [0, 0.05) is 24.0 Å². The number of benzene rings is 1. The van der Waals surface area contributed by atoms with Gasteiger partial charge < -0.3 is 0 Å². The van der Waals surface area contributed by atoms with Crippen LogP contribution in [0.25, 0.3) is 0 Å². The van der Waals surface area contributed by atoms with Gasteiger partial charge in [-0.05, 0) is 33.3 Å². The second-order valence-corrected chi connectivity index (χ2v) is 7.10. The molecule has 8 heteroatoms. The molecule has 120 valence electrons. The fourth-order valence-corrected chi connectivity index (χ4v) is 3.82. The lowest BCUT2D eigenvalue weighted by atomic mass is 10.2. The highest BCUT2D eigenvalue weighted by molar-refractivity contribution is 7.89. The number of sulfonamides is 1. The molecule has 0 amide bonds. The Kier molecular flexibility index (Phi) is 6.07. The van der Waals surface area contributed by atoms with Crippen LogP contribution in [0.3, 0.4) is 0 Å². The summed E-state index contributed by atoms with van der Waals surface area (Å²) < 4.78 is 66.7. The van der Waals surface area contributed by atoms with Crippen molar-refractivity contribution in [1.29, 1.82) is 0 Å². The van der Waals surface area contributed by atoms with Crippen molar-refractivity contribution in [1.82, 2.24) is 4.31 Å². The minimum Gasteiger partial charge on any atom is -0.207 e. The molecule has 1 aromatic rings. The first kappa shape index (κ1) is 18.3. The smallest absolute Gasteiger partial charge is 0.207 e. The fraction of sp³-hybridized carbons (Fsp3) is 0.538. The van der Waals surface area contributed by atoms with E-state index in [2.05, 4.69) is 0 Å². The summed E-state index contributed by atoms with van der Waals surface area (Å²) >= 11 is 5.54. The van der Waals surface area contributed by atoms with Gasteiger partial charge >= 0.3 is 0 Å². The Labute approximate surface area is 127 Å². The molecule has 0 N–H and O–H groups in total. The SMILES string of the molecule is Cc1c(F)c(F)cc(S(=O)(=O)N(CCCCl)C(C)C)c1F. The first-order valence-corrected chi connectivity index (χ1v) is 8.34. The maximum atomic E-state index is 14.0. The number of alkyl halides is 1. The second-order valence-electron chi connectivity index (χ2n) is 4.86. The molecule has 0 aliphatic rings. The third kappa shape index (κ3) is 3.70. The summed E-state index contributed by atoms with van der Waals surface area (Å²) in [6.45, 7) is 4.28. The van der Waals surface area contributed by atoms with Gasteiger partial charge in [-0.1, -0.05) is 0 Å². The number of hydrogen-bond acceptors (Lipinski definition) is 2. The Balaban J connectivity index is 3.42. The Morgan fingerprint density at radius 3 is 2.29 bits per heavy atom. The van der Waals surface area contributed by atoms with Crippen molar-refractivity contribution in [2.24, 2.45) is 0 Å². The van der Waals surface area contributed by atoms with E-state index in [1.807, 2.05) is 0 Å². The maximum Gasteiger partial charge on any atom is 0.246 e. The lowest BCUT2D eigenvalue weighted by Gasteiger charge is -2.26. The summed E-state index contributed by atoms with van der Waals surface area (Å²) in [5, 5.41) is 0. The molecule has 0 aliphatic carbocycles. The molecule has 21 heavy (non-hydrogen) atoms. The van der Waals surface area contributed by atoms with Gasteiger partial charge in [0.2, 0.25) is 10.0 Å². The number of rotatable bonds is 6. The molecular formula is C13H17ClF3NO2S. The molecular weight excluding hydrogens is 327 g/mol. The minimum absolute atomic E-state index is 0.0704. The molecule has 0 unspecified atom stereocenters. The summed E-state index contributed by atoms with van der Waals surface area (Å²) in [5.74, 6) is -3.82. The van der Waals surface area contributed by atoms with Crippen LogP contribution in [0.5, 0.6) is 0 Å². The molecule has 0 heterocycles. The van der Waals surface area contributed by atoms with Crippen LogP contribution in [-0.4, -0.2) is 31.2 Å². The molecule has 1 rings (SSSR count). The van der Waals surface area contributed by atoms with Crippen LogP contribution in [0.2, 0.25) is 0 Å².